The maximum Gasteiger partial charge on any atom is 0.274 e. The molecule has 0 atom stereocenters. The fourth-order valence-corrected chi connectivity index (χ4v) is 4.14. The van der Waals surface area contributed by atoms with Crippen LogP contribution in [-0.4, -0.2) is 41.9 Å². The van der Waals surface area contributed by atoms with Gasteiger partial charge in [0.25, 0.3) is 10.2 Å². The molecule has 0 aliphatic heterocycles. The molecule has 1 aliphatic carbocycles. The molecule has 6 N–H and O–H groups in total. The molecule has 0 saturated heterocycles. The van der Waals surface area contributed by atoms with Gasteiger partial charge < -0.3 is 15.8 Å². The van der Waals surface area contributed by atoms with E-state index in [9.17, 15) is 18.0 Å². The van der Waals surface area contributed by atoms with Gasteiger partial charge in [-0.1, -0.05) is 5.16 Å². The van der Waals surface area contributed by atoms with E-state index in [-0.39, 0.29) is 33.9 Å². The van der Waals surface area contributed by atoms with Crippen LogP contribution in [0, 0.1) is 5.82 Å². The SMILES string of the molecule is NS(=O)(=O)NC1CCC(Nc2nonc2/C(=N/O)Nc2ccc(F)c(Br)c2)CC1. The zero-order valence-electron chi connectivity index (χ0n) is 15.0. The highest BCUT2D eigenvalue weighted by molar-refractivity contribution is 9.10. The summed E-state index contributed by atoms with van der Waals surface area (Å²) in [4.78, 5) is 0. The Hall–Kier alpha value is -2.29. The molecule has 0 radical (unpaired) electrons. The van der Waals surface area contributed by atoms with Crippen molar-refractivity contribution < 1.29 is 22.6 Å². The fourth-order valence-electron chi connectivity index (χ4n) is 3.06. The molecular weight excluding hydrogens is 473 g/mol. The Kier molecular flexibility index (Phi) is 6.66. The molecule has 11 nitrogen and oxygen atoms in total. The lowest BCUT2D eigenvalue weighted by Crippen LogP contribution is -2.43. The molecule has 0 amide bonds. The van der Waals surface area contributed by atoms with Gasteiger partial charge in [-0.05, 0) is 70.1 Å². The van der Waals surface area contributed by atoms with Gasteiger partial charge in [-0.15, -0.1) is 0 Å². The highest BCUT2D eigenvalue weighted by Gasteiger charge is 2.26. The summed E-state index contributed by atoms with van der Waals surface area (Å²) in [6, 6.07) is 3.95. The molecule has 1 aromatic heterocycles. The van der Waals surface area contributed by atoms with Gasteiger partial charge in [0.05, 0.1) is 4.47 Å². The lowest BCUT2D eigenvalue weighted by Gasteiger charge is -2.28. The van der Waals surface area contributed by atoms with Crippen LogP contribution < -0.4 is 20.5 Å². The van der Waals surface area contributed by atoms with Crippen molar-refractivity contribution in [1.29, 1.82) is 0 Å². The van der Waals surface area contributed by atoms with Gasteiger partial charge in [0, 0.05) is 17.8 Å². The maximum absolute atomic E-state index is 13.4. The minimum absolute atomic E-state index is 0.0147. The summed E-state index contributed by atoms with van der Waals surface area (Å²) in [7, 11) is -3.73. The van der Waals surface area contributed by atoms with E-state index in [0.29, 0.717) is 31.4 Å². The summed E-state index contributed by atoms with van der Waals surface area (Å²) in [5.41, 5.74) is 0.590. The number of aromatic nitrogens is 2. The normalized spacial score (nSPS) is 20.4. The van der Waals surface area contributed by atoms with Crippen LogP contribution in [0.1, 0.15) is 31.4 Å². The Labute approximate surface area is 174 Å². The maximum atomic E-state index is 13.4. The van der Waals surface area contributed by atoms with Crippen LogP contribution in [0.5, 0.6) is 0 Å². The minimum atomic E-state index is -3.73. The monoisotopic (exact) mass is 491 g/mol. The molecule has 1 saturated carbocycles. The molecule has 0 bridgehead atoms. The second-order valence-corrected chi connectivity index (χ2v) is 8.70. The first kappa shape index (κ1) is 21.4. The molecular formula is C15H19BrFN7O4S. The summed E-state index contributed by atoms with van der Waals surface area (Å²) < 4.78 is 43.1. The van der Waals surface area contributed by atoms with E-state index in [0.717, 1.165) is 0 Å². The molecule has 14 heteroatoms. The Morgan fingerprint density at radius 3 is 2.59 bits per heavy atom. The Morgan fingerprint density at radius 2 is 1.97 bits per heavy atom. The Morgan fingerprint density at radius 1 is 1.28 bits per heavy atom. The number of halogens is 2. The van der Waals surface area contributed by atoms with Gasteiger partial charge >= 0.3 is 0 Å². The third-order valence-electron chi connectivity index (χ3n) is 4.39. The summed E-state index contributed by atoms with van der Waals surface area (Å²) in [6.45, 7) is 0. The largest absolute Gasteiger partial charge is 0.409 e. The van der Waals surface area contributed by atoms with Crippen LogP contribution >= 0.6 is 15.9 Å². The predicted molar refractivity (Wildman–Crippen MR) is 106 cm³/mol. The van der Waals surface area contributed by atoms with Crippen molar-refractivity contribution in [2.45, 2.75) is 37.8 Å². The third kappa shape index (κ3) is 5.85. The topological polar surface area (TPSA) is 168 Å². The number of hydrogen-bond donors (Lipinski definition) is 5. The number of hydrogen-bond acceptors (Lipinski definition) is 8. The molecule has 2 aromatic rings. The molecule has 3 rings (SSSR count). The molecule has 0 spiro atoms. The Balaban J connectivity index is 1.65. The molecule has 0 unspecified atom stereocenters. The van der Waals surface area contributed by atoms with Crippen molar-refractivity contribution in [3.05, 3.63) is 34.2 Å². The van der Waals surface area contributed by atoms with Gasteiger partial charge in [0.2, 0.25) is 11.7 Å². The van der Waals surface area contributed by atoms with Crippen molar-refractivity contribution in [2.75, 3.05) is 10.6 Å². The van der Waals surface area contributed by atoms with Gasteiger partial charge in [-0.25, -0.2) is 14.2 Å². The lowest BCUT2D eigenvalue weighted by atomic mass is 9.92. The summed E-state index contributed by atoms with van der Waals surface area (Å²) in [5, 5.41) is 31.1. The standard InChI is InChI=1S/C15H19BrFN7O4S/c16-11-7-10(5-6-12(11)17)20-14(21-25)13-15(23-28-22-13)19-8-1-3-9(4-2-8)24-29(18,26)27/h5-9,24-25H,1-4H2,(H,19,23)(H,20,21)(H2,18,26,27). The quantitative estimate of drug-likeness (QED) is 0.176. The van der Waals surface area contributed by atoms with E-state index in [2.05, 4.69) is 46.8 Å². The highest BCUT2D eigenvalue weighted by atomic mass is 79.9. The van der Waals surface area contributed by atoms with Gasteiger partial charge in [0.1, 0.15) is 5.82 Å². The smallest absolute Gasteiger partial charge is 0.274 e. The predicted octanol–water partition coefficient (Wildman–Crippen LogP) is 1.74. The van der Waals surface area contributed by atoms with Crippen LogP contribution in [0.2, 0.25) is 0 Å². The minimum Gasteiger partial charge on any atom is -0.409 e. The van der Waals surface area contributed by atoms with E-state index in [1.807, 2.05) is 0 Å². The van der Waals surface area contributed by atoms with Crippen LogP contribution in [0.25, 0.3) is 0 Å². The van der Waals surface area contributed by atoms with E-state index in [1.54, 1.807) is 0 Å². The number of nitrogens with one attached hydrogen (secondary N) is 3. The highest BCUT2D eigenvalue weighted by Crippen LogP contribution is 2.24. The van der Waals surface area contributed by atoms with Crippen molar-refractivity contribution in [2.24, 2.45) is 10.3 Å². The fraction of sp³-hybridized carbons (Fsp3) is 0.400. The van der Waals surface area contributed by atoms with Crippen molar-refractivity contribution in [3.63, 3.8) is 0 Å². The number of nitrogens with zero attached hydrogens (tertiary/aromatic N) is 3. The van der Waals surface area contributed by atoms with Crippen LogP contribution in [0.3, 0.4) is 0 Å². The number of nitrogens with two attached hydrogens (primary N) is 1. The van der Waals surface area contributed by atoms with Crippen molar-refractivity contribution >= 4 is 43.5 Å². The number of rotatable bonds is 6. The average Bonchev–Trinajstić information content (AvgIpc) is 3.11. The molecule has 1 aliphatic rings. The Bertz CT molecular complexity index is 992. The number of anilines is 2. The number of benzene rings is 1. The lowest BCUT2D eigenvalue weighted by molar-refractivity contribution is 0.304. The first-order valence-corrected chi connectivity index (χ1v) is 10.9. The van der Waals surface area contributed by atoms with Crippen LogP contribution in [-0.2, 0) is 10.2 Å². The summed E-state index contributed by atoms with van der Waals surface area (Å²) in [6.07, 6.45) is 2.50. The van der Waals surface area contributed by atoms with Gasteiger partial charge in [-0.2, -0.15) is 13.1 Å². The number of oxime groups is 1. The molecule has 1 aromatic carbocycles. The van der Waals surface area contributed by atoms with Crippen molar-refractivity contribution in [3.8, 4) is 0 Å². The first-order chi connectivity index (χ1) is 13.7. The second kappa shape index (κ2) is 9.02. The van der Waals surface area contributed by atoms with E-state index < -0.39 is 16.0 Å². The van der Waals surface area contributed by atoms with Gasteiger partial charge in [0.15, 0.2) is 5.69 Å². The zero-order chi connectivity index (χ0) is 21.0. The molecule has 1 heterocycles. The van der Waals surface area contributed by atoms with Crippen LogP contribution in [0.15, 0.2) is 32.5 Å². The zero-order valence-corrected chi connectivity index (χ0v) is 17.4. The van der Waals surface area contributed by atoms with Crippen LogP contribution in [0.4, 0.5) is 15.9 Å². The van der Waals surface area contributed by atoms with Gasteiger partial charge in [-0.3, -0.25) is 0 Å². The van der Waals surface area contributed by atoms with Crippen molar-refractivity contribution in [1.82, 2.24) is 15.0 Å². The first-order valence-electron chi connectivity index (χ1n) is 8.59. The summed E-state index contributed by atoms with van der Waals surface area (Å²) >= 11 is 3.08. The van der Waals surface area contributed by atoms with E-state index in [1.165, 1.54) is 18.2 Å². The average molecular weight is 492 g/mol. The molecule has 29 heavy (non-hydrogen) atoms. The van der Waals surface area contributed by atoms with E-state index in [4.69, 9.17) is 9.77 Å². The second-order valence-electron chi connectivity index (χ2n) is 6.52. The summed E-state index contributed by atoms with van der Waals surface area (Å²) in [5.74, 6) is -0.220. The number of amidine groups is 1. The van der Waals surface area contributed by atoms with E-state index >= 15 is 0 Å². The molecule has 158 valence electrons. The third-order valence-corrected chi connectivity index (χ3v) is 5.66. The molecule has 1 fully saturated rings.